The average molecular weight is 393 g/mol. The van der Waals surface area contributed by atoms with E-state index in [1.54, 1.807) is 30.5 Å². The van der Waals surface area contributed by atoms with Gasteiger partial charge in [-0.15, -0.1) is 0 Å². The number of aryl methyl sites for hydroxylation is 1. The van der Waals surface area contributed by atoms with Gasteiger partial charge in [0.2, 0.25) is 0 Å². The zero-order valence-corrected chi connectivity index (χ0v) is 16.0. The number of anilines is 1. The van der Waals surface area contributed by atoms with Crippen LogP contribution in [-0.2, 0) is 10.0 Å². The van der Waals surface area contributed by atoms with E-state index in [0.29, 0.717) is 11.3 Å². The van der Waals surface area contributed by atoms with Crippen LogP contribution >= 0.6 is 0 Å². The van der Waals surface area contributed by atoms with E-state index in [0.717, 1.165) is 11.1 Å². The summed E-state index contributed by atoms with van der Waals surface area (Å²) in [5, 5.41) is 3.91. The summed E-state index contributed by atoms with van der Waals surface area (Å²) in [7, 11) is -3.68. The van der Waals surface area contributed by atoms with Crippen LogP contribution in [0.1, 0.15) is 21.5 Å². The molecule has 0 bridgehead atoms. The van der Waals surface area contributed by atoms with Crippen LogP contribution in [0.5, 0.6) is 0 Å². The molecule has 0 unspecified atom stereocenters. The van der Waals surface area contributed by atoms with Crippen molar-refractivity contribution >= 4 is 27.8 Å². The lowest BCUT2D eigenvalue weighted by atomic mass is 10.2. The van der Waals surface area contributed by atoms with Crippen LogP contribution < -0.4 is 10.1 Å². The molecule has 1 amide bonds. The van der Waals surface area contributed by atoms with Crippen LogP contribution in [0.2, 0.25) is 0 Å². The van der Waals surface area contributed by atoms with Crippen LogP contribution in [0.3, 0.4) is 0 Å². The Bertz CT molecular complexity index is 1080. The molecule has 3 aromatic rings. The molecular formula is C21H19N3O3S. The van der Waals surface area contributed by atoms with Gasteiger partial charge in [-0.1, -0.05) is 48.0 Å². The number of benzene rings is 3. The lowest BCUT2D eigenvalue weighted by Gasteiger charge is -2.09. The second kappa shape index (κ2) is 8.49. The fourth-order valence-electron chi connectivity index (χ4n) is 2.39. The van der Waals surface area contributed by atoms with Crippen LogP contribution in [0.4, 0.5) is 5.69 Å². The summed E-state index contributed by atoms with van der Waals surface area (Å²) in [4.78, 5) is 12.3. The molecular weight excluding hydrogens is 374 g/mol. The second-order valence-electron chi connectivity index (χ2n) is 6.11. The van der Waals surface area contributed by atoms with Gasteiger partial charge in [0.05, 0.1) is 11.1 Å². The van der Waals surface area contributed by atoms with Gasteiger partial charge in [0.25, 0.3) is 15.9 Å². The molecule has 2 N–H and O–H groups in total. The van der Waals surface area contributed by atoms with E-state index in [-0.39, 0.29) is 10.8 Å². The quantitative estimate of drug-likeness (QED) is 0.496. The van der Waals surface area contributed by atoms with Crippen LogP contribution in [0.15, 0.2) is 88.9 Å². The topological polar surface area (TPSA) is 87.6 Å². The number of rotatable bonds is 6. The van der Waals surface area contributed by atoms with Crippen molar-refractivity contribution in [1.82, 2.24) is 5.43 Å². The van der Waals surface area contributed by atoms with Gasteiger partial charge in [0, 0.05) is 11.3 Å². The summed E-state index contributed by atoms with van der Waals surface area (Å²) < 4.78 is 27.3. The lowest BCUT2D eigenvalue weighted by Crippen LogP contribution is -2.18. The third kappa shape index (κ3) is 5.05. The molecule has 0 aliphatic rings. The van der Waals surface area contributed by atoms with Gasteiger partial charge in [0.15, 0.2) is 0 Å². The van der Waals surface area contributed by atoms with E-state index in [1.807, 2.05) is 37.3 Å². The number of nitrogens with zero attached hydrogens (tertiary/aromatic N) is 1. The molecule has 6 nitrogen and oxygen atoms in total. The molecule has 142 valence electrons. The van der Waals surface area contributed by atoms with E-state index in [4.69, 9.17) is 0 Å². The molecule has 0 aliphatic heterocycles. The predicted molar refractivity (Wildman–Crippen MR) is 110 cm³/mol. The first kappa shape index (κ1) is 19.3. The summed E-state index contributed by atoms with van der Waals surface area (Å²) in [6.07, 6.45) is 1.54. The third-order valence-corrected chi connectivity index (χ3v) is 5.31. The van der Waals surface area contributed by atoms with E-state index in [1.165, 1.54) is 24.3 Å². The summed E-state index contributed by atoms with van der Waals surface area (Å²) in [6.45, 7) is 1.89. The third-order valence-electron chi connectivity index (χ3n) is 3.91. The normalized spacial score (nSPS) is 11.3. The molecule has 0 fully saturated rings. The van der Waals surface area contributed by atoms with Gasteiger partial charge < -0.3 is 0 Å². The van der Waals surface area contributed by atoms with Crippen molar-refractivity contribution in [2.45, 2.75) is 11.8 Å². The van der Waals surface area contributed by atoms with Gasteiger partial charge in [-0.25, -0.2) is 13.8 Å². The number of carbonyl (C=O) groups excluding carboxylic acids is 1. The Labute approximate surface area is 164 Å². The van der Waals surface area contributed by atoms with Crippen molar-refractivity contribution in [2.75, 3.05) is 4.72 Å². The minimum atomic E-state index is -3.68. The minimum Gasteiger partial charge on any atom is -0.280 e. The van der Waals surface area contributed by atoms with Gasteiger partial charge >= 0.3 is 0 Å². The van der Waals surface area contributed by atoms with E-state index in [2.05, 4.69) is 15.2 Å². The molecule has 0 saturated carbocycles. The highest BCUT2D eigenvalue weighted by Gasteiger charge is 2.14. The summed E-state index contributed by atoms with van der Waals surface area (Å²) >= 11 is 0. The Balaban J connectivity index is 1.63. The Kier molecular flexibility index (Phi) is 5.86. The maximum Gasteiger partial charge on any atom is 0.271 e. The summed E-state index contributed by atoms with van der Waals surface area (Å²) in [5.74, 6) is -0.389. The monoisotopic (exact) mass is 393 g/mol. The molecule has 28 heavy (non-hydrogen) atoms. The highest BCUT2D eigenvalue weighted by molar-refractivity contribution is 7.92. The number of sulfonamides is 1. The average Bonchev–Trinajstić information content (AvgIpc) is 2.69. The standard InChI is InChI=1S/C21H19N3O3S/c1-16-7-13-20(14-8-16)28(26,27)24-19-11-9-18(10-12-19)21(25)23-22-15-17-5-3-2-4-6-17/h2-15,24H,1H3,(H,23,25)/b22-15-. The SMILES string of the molecule is Cc1ccc(S(=O)(=O)Nc2ccc(C(=O)N/N=C\c3ccccc3)cc2)cc1. The first-order chi connectivity index (χ1) is 13.4. The maximum absolute atomic E-state index is 12.4. The summed E-state index contributed by atoms with van der Waals surface area (Å²) in [5.41, 5.74) is 5.01. The fourth-order valence-corrected chi connectivity index (χ4v) is 3.45. The number of amides is 1. The Morgan fingerprint density at radius 1 is 0.893 bits per heavy atom. The predicted octanol–water partition coefficient (Wildman–Crippen LogP) is 3.56. The maximum atomic E-state index is 12.4. The van der Waals surface area contributed by atoms with Crippen molar-refractivity contribution in [3.63, 3.8) is 0 Å². The Morgan fingerprint density at radius 2 is 1.54 bits per heavy atom. The molecule has 3 aromatic carbocycles. The molecule has 3 rings (SSSR count). The Hall–Kier alpha value is -3.45. The number of hydrazone groups is 1. The molecule has 0 heterocycles. The zero-order chi connectivity index (χ0) is 20.0. The van der Waals surface area contributed by atoms with E-state index in [9.17, 15) is 13.2 Å². The Morgan fingerprint density at radius 3 is 2.18 bits per heavy atom. The molecule has 0 aromatic heterocycles. The molecule has 0 saturated heterocycles. The van der Waals surface area contributed by atoms with E-state index >= 15 is 0 Å². The number of hydrogen-bond donors (Lipinski definition) is 2. The highest BCUT2D eigenvalue weighted by atomic mass is 32.2. The summed E-state index contributed by atoms with van der Waals surface area (Å²) in [6, 6.07) is 22.0. The largest absolute Gasteiger partial charge is 0.280 e. The highest BCUT2D eigenvalue weighted by Crippen LogP contribution is 2.17. The van der Waals surface area contributed by atoms with Crippen molar-refractivity contribution in [2.24, 2.45) is 5.10 Å². The van der Waals surface area contributed by atoms with Crippen LogP contribution in [-0.4, -0.2) is 20.5 Å². The molecule has 7 heteroatoms. The van der Waals surface area contributed by atoms with Crippen LogP contribution in [0, 0.1) is 6.92 Å². The smallest absolute Gasteiger partial charge is 0.271 e. The lowest BCUT2D eigenvalue weighted by molar-refractivity contribution is 0.0955. The number of nitrogens with one attached hydrogen (secondary N) is 2. The van der Waals surface area contributed by atoms with Crippen molar-refractivity contribution < 1.29 is 13.2 Å². The van der Waals surface area contributed by atoms with Crippen molar-refractivity contribution in [3.05, 3.63) is 95.6 Å². The van der Waals surface area contributed by atoms with Gasteiger partial charge in [-0.05, 0) is 48.9 Å². The first-order valence-corrected chi connectivity index (χ1v) is 10.0. The molecule has 0 aliphatic carbocycles. The number of carbonyl (C=O) groups is 1. The van der Waals surface area contributed by atoms with Gasteiger partial charge in [-0.2, -0.15) is 5.10 Å². The fraction of sp³-hybridized carbons (Fsp3) is 0.0476. The second-order valence-corrected chi connectivity index (χ2v) is 7.79. The van der Waals surface area contributed by atoms with Gasteiger partial charge in [-0.3, -0.25) is 9.52 Å². The molecule has 0 atom stereocenters. The van der Waals surface area contributed by atoms with Crippen LogP contribution in [0.25, 0.3) is 0 Å². The van der Waals surface area contributed by atoms with E-state index < -0.39 is 10.0 Å². The van der Waals surface area contributed by atoms with Gasteiger partial charge in [0.1, 0.15) is 0 Å². The van der Waals surface area contributed by atoms with Crippen molar-refractivity contribution in [1.29, 1.82) is 0 Å². The molecule has 0 radical (unpaired) electrons. The van der Waals surface area contributed by atoms with Crippen molar-refractivity contribution in [3.8, 4) is 0 Å². The zero-order valence-electron chi connectivity index (χ0n) is 15.2. The molecule has 0 spiro atoms. The number of hydrogen-bond acceptors (Lipinski definition) is 4. The first-order valence-electron chi connectivity index (χ1n) is 8.52. The minimum absolute atomic E-state index is 0.176.